The van der Waals surface area contributed by atoms with Crippen molar-refractivity contribution in [2.45, 2.75) is 13.3 Å². The van der Waals surface area contributed by atoms with E-state index in [0.29, 0.717) is 30.2 Å². The fraction of sp³-hybridized carbons (Fsp3) is 0.423. The highest BCUT2D eigenvalue weighted by atomic mass is 16.5. The Hall–Kier alpha value is -2.83. The highest BCUT2D eigenvalue weighted by Crippen LogP contribution is 2.24. The Morgan fingerprint density at radius 1 is 1.06 bits per heavy atom. The third kappa shape index (κ3) is 7.11. The monoisotopic (exact) mass is 438 g/mol. The molecule has 2 aromatic carbocycles. The smallest absolute Gasteiger partial charge is 0.254 e. The number of hydrogen-bond donors (Lipinski definition) is 0. The van der Waals surface area contributed by atoms with Gasteiger partial charge in [-0.2, -0.15) is 0 Å². The molecule has 0 aromatic heterocycles. The van der Waals surface area contributed by atoms with Crippen molar-refractivity contribution in [2.24, 2.45) is 0 Å². The van der Waals surface area contributed by atoms with E-state index < -0.39 is 0 Å². The van der Waals surface area contributed by atoms with Crippen molar-refractivity contribution >= 4 is 12.0 Å². The molecule has 32 heavy (non-hydrogen) atoms. The van der Waals surface area contributed by atoms with Gasteiger partial charge in [-0.1, -0.05) is 42.0 Å². The number of morpholine rings is 1. The van der Waals surface area contributed by atoms with Crippen LogP contribution in [0.4, 0.5) is 0 Å². The van der Waals surface area contributed by atoms with Crippen molar-refractivity contribution in [3.8, 4) is 11.5 Å². The lowest BCUT2D eigenvalue weighted by molar-refractivity contribution is 0.0358. The Bertz CT molecular complexity index is 870. The van der Waals surface area contributed by atoms with E-state index in [-0.39, 0.29) is 5.91 Å². The van der Waals surface area contributed by atoms with Crippen LogP contribution in [0, 0.1) is 0 Å². The number of hydrogen-bond acceptors (Lipinski definition) is 5. The minimum atomic E-state index is -0.0232. The van der Waals surface area contributed by atoms with E-state index in [4.69, 9.17) is 14.2 Å². The molecular weight excluding hydrogens is 404 g/mol. The lowest BCUT2D eigenvalue weighted by atomic mass is 10.1. The van der Waals surface area contributed by atoms with Crippen molar-refractivity contribution in [2.75, 3.05) is 60.2 Å². The molecule has 1 heterocycles. The summed E-state index contributed by atoms with van der Waals surface area (Å²) < 4.78 is 16.2. The predicted molar refractivity (Wildman–Crippen MR) is 127 cm³/mol. The van der Waals surface area contributed by atoms with Crippen LogP contribution in [0.15, 0.2) is 54.1 Å². The molecule has 172 valence electrons. The molecule has 0 bridgehead atoms. The normalized spacial score (nSPS) is 14.8. The van der Waals surface area contributed by atoms with Gasteiger partial charge in [0, 0.05) is 44.4 Å². The lowest BCUT2D eigenvalue weighted by Gasteiger charge is -2.28. The first-order chi connectivity index (χ1) is 15.6. The van der Waals surface area contributed by atoms with E-state index in [1.807, 2.05) is 23.1 Å². The zero-order chi connectivity index (χ0) is 22.8. The molecule has 1 aliphatic rings. The van der Waals surface area contributed by atoms with Crippen LogP contribution >= 0.6 is 0 Å². The van der Waals surface area contributed by atoms with Crippen LogP contribution in [-0.2, 0) is 4.74 Å². The lowest BCUT2D eigenvalue weighted by Crippen LogP contribution is -2.39. The zero-order valence-corrected chi connectivity index (χ0v) is 19.4. The summed E-state index contributed by atoms with van der Waals surface area (Å²) >= 11 is 0. The summed E-state index contributed by atoms with van der Waals surface area (Å²) in [5.74, 6) is 1.19. The van der Waals surface area contributed by atoms with Gasteiger partial charge in [0.1, 0.15) is 11.5 Å². The largest absolute Gasteiger partial charge is 0.497 e. The van der Waals surface area contributed by atoms with Gasteiger partial charge in [-0.3, -0.25) is 9.69 Å². The molecule has 6 heteroatoms. The SMILES string of the molecule is COc1cc(OC)cc(C(=O)N(CCCN2CCOCC2)C/C(C)=C/c2ccccc2)c1. The van der Waals surface area contributed by atoms with E-state index in [1.54, 1.807) is 32.4 Å². The van der Waals surface area contributed by atoms with Crippen molar-refractivity contribution in [1.29, 1.82) is 0 Å². The second kappa shape index (κ2) is 12.3. The summed E-state index contributed by atoms with van der Waals surface area (Å²) in [6.07, 6.45) is 3.04. The van der Waals surface area contributed by atoms with E-state index >= 15 is 0 Å². The highest BCUT2D eigenvalue weighted by Gasteiger charge is 2.19. The maximum atomic E-state index is 13.5. The van der Waals surface area contributed by atoms with Crippen molar-refractivity contribution < 1.29 is 19.0 Å². The molecule has 0 radical (unpaired) electrons. The molecule has 0 spiro atoms. The van der Waals surface area contributed by atoms with Gasteiger partial charge in [0.2, 0.25) is 0 Å². The maximum Gasteiger partial charge on any atom is 0.254 e. The molecule has 0 N–H and O–H groups in total. The van der Waals surface area contributed by atoms with Crippen molar-refractivity contribution in [3.63, 3.8) is 0 Å². The summed E-state index contributed by atoms with van der Waals surface area (Å²) in [6.45, 7) is 7.74. The minimum absolute atomic E-state index is 0.0232. The number of methoxy groups -OCH3 is 2. The number of carbonyl (C=O) groups excluding carboxylic acids is 1. The van der Waals surface area contributed by atoms with Gasteiger partial charge in [0.15, 0.2) is 0 Å². The van der Waals surface area contributed by atoms with Gasteiger partial charge >= 0.3 is 0 Å². The van der Waals surface area contributed by atoms with Crippen LogP contribution in [-0.4, -0.2) is 75.9 Å². The first-order valence-electron chi connectivity index (χ1n) is 11.1. The van der Waals surface area contributed by atoms with Gasteiger partial charge in [-0.25, -0.2) is 0 Å². The number of rotatable bonds is 10. The summed E-state index contributed by atoms with van der Waals surface area (Å²) in [4.78, 5) is 17.8. The molecule has 0 atom stereocenters. The number of amides is 1. The van der Waals surface area contributed by atoms with Crippen LogP contribution in [0.5, 0.6) is 11.5 Å². The summed E-state index contributed by atoms with van der Waals surface area (Å²) in [5, 5.41) is 0. The predicted octanol–water partition coefficient (Wildman–Crippen LogP) is 3.97. The van der Waals surface area contributed by atoms with Gasteiger partial charge < -0.3 is 19.1 Å². The van der Waals surface area contributed by atoms with E-state index in [9.17, 15) is 4.79 Å². The quantitative estimate of drug-likeness (QED) is 0.562. The number of ether oxygens (including phenoxy) is 3. The fourth-order valence-electron chi connectivity index (χ4n) is 3.86. The molecular formula is C26H34N2O4. The van der Waals surface area contributed by atoms with Crippen LogP contribution in [0.25, 0.3) is 6.08 Å². The fourth-order valence-corrected chi connectivity index (χ4v) is 3.86. The van der Waals surface area contributed by atoms with Crippen molar-refractivity contribution in [1.82, 2.24) is 9.80 Å². The molecule has 0 unspecified atom stereocenters. The van der Waals surface area contributed by atoms with Crippen LogP contribution in [0.1, 0.15) is 29.3 Å². The number of nitrogens with zero attached hydrogens (tertiary/aromatic N) is 2. The molecule has 1 fully saturated rings. The Balaban J connectivity index is 1.75. The zero-order valence-electron chi connectivity index (χ0n) is 19.4. The van der Waals surface area contributed by atoms with Gasteiger partial charge in [0.25, 0.3) is 5.91 Å². The third-order valence-corrected chi connectivity index (χ3v) is 5.54. The van der Waals surface area contributed by atoms with E-state index in [2.05, 4.69) is 30.0 Å². The van der Waals surface area contributed by atoms with Crippen molar-refractivity contribution in [3.05, 3.63) is 65.2 Å². The topological polar surface area (TPSA) is 51.2 Å². The van der Waals surface area contributed by atoms with Crippen LogP contribution in [0.3, 0.4) is 0 Å². The molecule has 6 nitrogen and oxygen atoms in total. The molecule has 1 aliphatic heterocycles. The summed E-state index contributed by atoms with van der Waals surface area (Å²) in [7, 11) is 3.19. The van der Waals surface area contributed by atoms with Crippen LogP contribution < -0.4 is 9.47 Å². The van der Waals surface area contributed by atoms with Gasteiger partial charge in [0.05, 0.1) is 27.4 Å². The molecule has 0 aliphatic carbocycles. The molecule has 2 aromatic rings. The van der Waals surface area contributed by atoms with E-state index in [1.165, 1.54) is 0 Å². The Morgan fingerprint density at radius 2 is 1.72 bits per heavy atom. The standard InChI is InChI=1S/C26H34N2O4/c1-21(16-22-8-5-4-6-9-22)20-28(11-7-10-27-12-14-32-15-13-27)26(29)23-17-24(30-2)19-25(18-23)31-3/h4-6,8-9,16-19H,7,10-15,20H2,1-3H3/b21-16+. The van der Waals surface area contributed by atoms with E-state index in [0.717, 1.165) is 50.4 Å². The van der Waals surface area contributed by atoms with Gasteiger partial charge in [-0.15, -0.1) is 0 Å². The number of carbonyl (C=O) groups is 1. The van der Waals surface area contributed by atoms with Crippen LogP contribution in [0.2, 0.25) is 0 Å². The Kier molecular flexibility index (Phi) is 9.13. The second-order valence-electron chi connectivity index (χ2n) is 8.04. The Labute approximate surface area is 191 Å². The number of benzene rings is 2. The first-order valence-corrected chi connectivity index (χ1v) is 11.1. The molecule has 1 amide bonds. The average molecular weight is 439 g/mol. The molecule has 0 saturated carbocycles. The summed E-state index contributed by atoms with van der Waals surface area (Å²) in [6, 6.07) is 15.5. The summed E-state index contributed by atoms with van der Waals surface area (Å²) in [5.41, 5.74) is 2.83. The maximum absolute atomic E-state index is 13.5. The second-order valence-corrected chi connectivity index (χ2v) is 8.04. The minimum Gasteiger partial charge on any atom is -0.497 e. The average Bonchev–Trinajstić information content (AvgIpc) is 2.83. The molecule has 1 saturated heterocycles. The van der Waals surface area contributed by atoms with Gasteiger partial charge in [-0.05, 0) is 31.0 Å². The first kappa shape index (κ1) is 23.8. The molecule has 3 rings (SSSR count). The highest BCUT2D eigenvalue weighted by molar-refractivity contribution is 5.95. The third-order valence-electron chi connectivity index (χ3n) is 5.54. The Morgan fingerprint density at radius 3 is 2.34 bits per heavy atom.